The number of rotatable bonds is 3. The second kappa shape index (κ2) is 7.04. The van der Waals surface area contributed by atoms with Gasteiger partial charge in [-0.05, 0) is 34.8 Å². The summed E-state index contributed by atoms with van der Waals surface area (Å²) >= 11 is 0. The van der Waals surface area contributed by atoms with Crippen molar-refractivity contribution in [2.24, 2.45) is 11.3 Å². The van der Waals surface area contributed by atoms with Gasteiger partial charge in [0, 0.05) is 5.41 Å². The summed E-state index contributed by atoms with van der Waals surface area (Å²) in [5, 5.41) is 0. The zero-order valence-electron chi connectivity index (χ0n) is 15.9. The summed E-state index contributed by atoms with van der Waals surface area (Å²) in [6.07, 6.45) is 10.6. The standard InChI is InChI=1S/C19H24.C6H6/c1-14(2)15-8-7-10-16(12-15)18(3,4)19-11-6-5-9-17(19)13-19;1-2-4-6-5-3-1/h5-12,14,17H,13H2,1-4H3;1-6H. The van der Waals surface area contributed by atoms with Crippen LogP contribution in [0.25, 0.3) is 0 Å². The molecule has 0 heteroatoms. The molecule has 4 rings (SSSR count). The number of benzene rings is 2. The van der Waals surface area contributed by atoms with Crippen LogP contribution in [0.5, 0.6) is 0 Å². The molecule has 2 aliphatic carbocycles. The zero-order valence-corrected chi connectivity index (χ0v) is 15.9. The Balaban J connectivity index is 0.000000258. The molecule has 0 heterocycles. The van der Waals surface area contributed by atoms with Gasteiger partial charge in [0.2, 0.25) is 0 Å². The van der Waals surface area contributed by atoms with E-state index in [2.05, 4.69) is 76.3 Å². The Morgan fingerprint density at radius 2 is 1.56 bits per heavy atom. The first kappa shape index (κ1) is 17.7. The van der Waals surface area contributed by atoms with Gasteiger partial charge < -0.3 is 0 Å². The van der Waals surface area contributed by atoms with Gasteiger partial charge in [0.25, 0.3) is 0 Å². The van der Waals surface area contributed by atoms with Crippen LogP contribution in [0.1, 0.15) is 51.2 Å². The number of hydrogen-bond acceptors (Lipinski definition) is 0. The van der Waals surface area contributed by atoms with Gasteiger partial charge in [0.15, 0.2) is 0 Å². The molecule has 0 bridgehead atoms. The maximum absolute atomic E-state index is 2.44. The maximum Gasteiger partial charge on any atom is 0.00454 e. The molecule has 0 spiro atoms. The van der Waals surface area contributed by atoms with Crippen LogP contribution >= 0.6 is 0 Å². The molecule has 1 saturated carbocycles. The SMILES string of the molecule is CC(C)c1cccc(C(C)(C)C23C=CC=CC2C3)c1.c1ccccc1. The summed E-state index contributed by atoms with van der Waals surface area (Å²) < 4.78 is 0. The monoisotopic (exact) mass is 330 g/mol. The molecule has 0 amide bonds. The van der Waals surface area contributed by atoms with E-state index >= 15 is 0 Å². The molecule has 130 valence electrons. The molecular weight excluding hydrogens is 300 g/mol. The topological polar surface area (TPSA) is 0 Å². The van der Waals surface area contributed by atoms with E-state index in [1.807, 2.05) is 36.4 Å². The highest BCUT2D eigenvalue weighted by molar-refractivity contribution is 5.42. The van der Waals surface area contributed by atoms with Crippen LogP contribution in [0.15, 0.2) is 85.0 Å². The van der Waals surface area contributed by atoms with Crippen molar-refractivity contribution in [3.05, 3.63) is 96.1 Å². The minimum atomic E-state index is 0.212. The minimum absolute atomic E-state index is 0.212. The summed E-state index contributed by atoms with van der Waals surface area (Å²) in [5.41, 5.74) is 3.51. The van der Waals surface area contributed by atoms with Crippen LogP contribution in [0.2, 0.25) is 0 Å². The fourth-order valence-corrected chi connectivity index (χ4v) is 4.03. The van der Waals surface area contributed by atoms with E-state index in [1.54, 1.807) is 0 Å². The van der Waals surface area contributed by atoms with E-state index in [0.717, 1.165) is 5.92 Å². The summed E-state index contributed by atoms with van der Waals surface area (Å²) in [7, 11) is 0. The molecule has 1 fully saturated rings. The van der Waals surface area contributed by atoms with Gasteiger partial charge in [0.05, 0.1) is 0 Å². The Kier molecular flexibility index (Phi) is 4.99. The molecule has 25 heavy (non-hydrogen) atoms. The molecule has 2 unspecified atom stereocenters. The summed E-state index contributed by atoms with van der Waals surface area (Å²) in [6, 6.07) is 21.2. The van der Waals surface area contributed by atoms with Crippen molar-refractivity contribution in [3.8, 4) is 0 Å². The molecule has 0 aromatic heterocycles. The largest absolute Gasteiger partial charge is 0.0805 e. The van der Waals surface area contributed by atoms with Crippen molar-refractivity contribution in [2.45, 2.75) is 45.4 Å². The molecule has 2 aliphatic rings. The Bertz CT molecular complexity index is 722. The highest BCUT2D eigenvalue weighted by Gasteiger charge is 2.60. The van der Waals surface area contributed by atoms with Crippen molar-refractivity contribution in [3.63, 3.8) is 0 Å². The van der Waals surface area contributed by atoms with Crippen molar-refractivity contribution in [2.75, 3.05) is 0 Å². The van der Waals surface area contributed by atoms with Crippen LogP contribution < -0.4 is 0 Å². The molecular formula is C25H30. The third-order valence-electron chi connectivity index (χ3n) is 6.01. The number of fused-ring (bicyclic) bond motifs is 1. The predicted molar refractivity (Wildman–Crippen MR) is 109 cm³/mol. The van der Waals surface area contributed by atoms with Gasteiger partial charge in [-0.1, -0.05) is 113 Å². The van der Waals surface area contributed by atoms with Crippen LogP contribution in [-0.4, -0.2) is 0 Å². The molecule has 0 N–H and O–H groups in total. The molecule has 0 saturated heterocycles. The quantitative estimate of drug-likeness (QED) is 0.574. The fourth-order valence-electron chi connectivity index (χ4n) is 4.03. The lowest BCUT2D eigenvalue weighted by Gasteiger charge is -2.35. The van der Waals surface area contributed by atoms with E-state index in [1.165, 1.54) is 17.5 Å². The van der Waals surface area contributed by atoms with Gasteiger partial charge in [-0.25, -0.2) is 0 Å². The van der Waals surface area contributed by atoms with Gasteiger partial charge in [0.1, 0.15) is 0 Å². The Hall–Kier alpha value is -2.08. The molecule has 0 radical (unpaired) electrons. The van der Waals surface area contributed by atoms with E-state index in [0.29, 0.717) is 11.3 Å². The fraction of sp³-hybridized carbons (Fsp3) is 0.360. The van der Waals surface area contributed by atoms with Crippen molar-refractivity contribution in [1.29, 1.82) is 0 Å². The normalized spacial score (nSPS) is 23.6. The van der Waals surface area contributed by atoms with Crippen LogP contribution in [0.3, 0.4) is 0 Å². The molecule has 2 atom stereocenters. The third kappa shape index (κ3) is 3.49. The molecule has 2 aromatic carbocycles. The first-order chi connectivity index (χ1) is 12.0. The molecule has 0 nitrogen and oxygen atoms in total. The Morgan fingerprint density at radius 3 is 2.12 bits per heavy atom. The lowest BCUT2D eigenvalue weighted by atomic mass is 9.68. The van der Waals surface area contributed by atoms with E-state index in [-0.39, 0.29) is 5.41 Å². The van der Waals surface area contributed by atoms with Crippen LogP contribution in [0.4, 0.5) is 0 Å². The lowest BCUT2D eigenvalue weighted by Crippen LogP contribution is -2.31. The minimum Gasteiger partial charge on any atom is -0.0805 e. The first-order valence-electron chi connectivity index (χ1n) is 9.44. The third-order valence-corrected chi connectivity index (χ3v) is 6.01. The predicted octanol–water partition coefficient (Wildman–Crippen LogP) is 6.91. The number of hydrogen-bond donors (Lipinski definition) is 0. The molecule has 2 aromatic rings. The summed E-state index contributed by atoms with van der Waals surface area (Å²) in [6.45, 7) is 9.37. The van der Waals surface area contributed by atoms with E-state index < -0.39 is 0 Å². The first-order valence-corrected chi connectivity index (χ1v) is 9.44. The summed E-state index contributed by atoms with van der Waals surface area (Å²) in [4.78, 5) is 0. The van der Waals surface area contributed by atoms with Crippen LogP contribution in [0, 0.1) is 11.3 Å². The van der Waals surface area contributed by atoms with Gasteiger partial charge in [-0.15, -0.1) is 0 Å². The Labute approximate surface area is 153 Å². The van der Waals surface area contributed by atoms with Gasteiger partial charge >= 0.3 is 0 Å². The Morgan fingerprint density at radius 1 is 0.920 bits per heavy atom. The maximum atomic E-state index is 2.44. The average Bonchev–Trinajstić information content (AvgIpc) is 3.40. The second-order valence-electron chi connectivity index (χ2n) is 8.15. The van der Waals surface area contributed by atoms with Gasteiger partial charge in [-0.3, -0.25) is 0 Å². The zero-order chi connectivity index (χ0) is 17.9. The van der Waals surface area contributed by atoms with Crippen molar-refractivity contribution < 1.29 is 0 Å². The van der Waals surface area contributed by atoms with Crippen molar-refractivity contribution in [1.82, 2.24) is 0 Å². The highest BCUT2D eigenvalue weighted by atomic mass is 14.6. The number of allylic oxidation sites excluding steroid dienone is 4. The van der Waals surface area contributed by atoms with Crippen molar-refractivity contribution >= 4 is 0 Å². The lowest BCUT2D eigenvalue weighted by molar-refractivity contribution is 0.342. The van der Waals surface area contributed by atoms with Crippen LogP contribution in [-0.2, 0) is 5.41 Å². The summed E-state index contributed by atoms with van der Waals surface area (Å²) in [5.74, 6) is 1.35. The molecule has 0 aliphatic heterocycles. The highest BCUT2D eigenvalue weighted by Crippen LogP contribution is 2.66. The van der Waals surface area contributed by atoms with E-state index in [9.17, 15) is 0 Å². The van der Waals surface area contributed by atoms with E-state index in [4.69, 9.17) is 0 Å². The second-order valence-corrected chi connectivity index (χ2v) is 8.15. The average molecular weight is 331 g/mol. The smallest absolute Gasteiger partial charge is 0.00454 e. The van der Waals surface area contributed by atoms with Gasteiger partial charge in [-0.2, -0.15) is 0 Å².